The van der Waals surface area contributed by atoms with Gasteiger partial charge in [-0.15, -0.1) is 11.3 Å². The van der Waals surface area contributed by atoms with Gasteiger partial charge in [0.1, 0.15) is 10.6 Å². The molecule has 1 aromatic rings. The molecule has 1 aliphatic carbocycles. The maximum atomic E-state index is 12.3. The average molecular weight is 254 g/mol. The number of carbonyl (C=O) groups is 1. The van der Waals surface area contributed by atoms with Crippen LogP contribution in [0.4, 0.5) is 0 Å². The van der Waals surface area contributed by atoms with Crippen molar-refractivity contribution in [3.05, 3.63) is 16.3 Å². The molecule has 0 aromatic carbocycles. The third-order valence-electron chi connectivity index (χ3n) is 3.27. The molecule has 0 spiro atoms. The minimum atomic E-state index is 0.0131. The summed E-state index contributed by atoms with van der Waals surface area (Å²) in [5, 5.41) is 1.87. The maximum absolute atomic E-state index is 12.3. The van der Waals surface area contributed by atoms with Gasteiger partial charge in [-0.2, -0.15) is 0 Å². The number of rotatable bonds is 5. The Kier molecular flexibility index (Phi) is 3.69. The number of nitrogens with two attached hydrogens (primary N) is 1. The van der Waals surface area contributed by atoms with Crippen LogP contribution in [-0.4, -0.2) is 37.6 Å². The van der Waals surface area contributed by atoms with E-state index in [1.54, 1.807) is 12.0 Å². The van der Waals surface area contributed by atoms with Crippen LogP contribution in [0.2, 0.25) is 0 Å². The third-order valence-corrected chi connectivity index (χ3v) is 4.15. The van der Waals surface area contributed by atoms with Crippen LogP contribution in [0, 0.1) is 5.92 Å². The Morgan fingerprint density at radius 1 is 1.71 bits per heavy atom. The zero-order chi connectivity index (χ0) is 12.4. The average Bonchev–Trinajstić information content (AvgIpc) is 3.05. The number of thiophene rings is 1. The van der Waals surface area contributed by atoms with Crippen molar-refractivity contribution in [3.63, 3.8) is 0 Å². The number of likely N-dealkylation sites (N-methyl/N-ethyl adjacent to an activating group) is 1. The zero-order valence-electron chi connectivity index (χ0n) is 10.2. The highest BCUT2D eigenvalue weighted by atomic mass is 32.1. The van der Waals surface area contributed by atoms with E-state index in [9.17, 15) is 4.79 Å². The summed E-state index contributed by atoms with van der Waals surface area (Å²) in [5.74, 6) is 1.25. The molecule has 1 amide bonds. The largest absolute Gasteiger partial charge is 0.495 e. The van der Waals surface area contributed by atoms with Crippen LogP contribution in [0.15, 0.2) is 11.4 Å². The van der Waals surface area contributed by atoms with Gasteiger partial charge >= 0.3 is 0 Å². The predicted octanol–water partition coefficient (Wildman–Crippen LogP) is 1.57. The Morgan fingerprint density at radius 2 is 2.41 bits per heavy atom. The van der Waals surface area contributed by atoms with Crippen LogP contribution in [0.5, 0.6) is 5.75 Å². The third kappa shape index (κ3) is 2.45. The molecule has 94 valence electrons. The number of methoxy groups -OCH3 is 1. The fraction of sp³-hybridized carbons (Fsp3) is 0.583. The number of amides is 1. The molecule has 17 heavy (non-hydrogen) atoms. The molecule has 1 fully saturated rings. The molecule has 4 nitrogen and oxygen atoms in total. The Balaban J connectivity index is 2.13. The summed E-state index contributed by atoms with van der Waals surface area (Å²) in [6.07, 6.45) is 2.36. The lowest BCUT2D eigenvalue weighted by molar-refractivity contribution is 0.0720. The topological polar surface area (TPSA) is 55.6 Å². The fourth-order valence-electron chi connectivity index (χ4n) is 2.07. The number of ether oxygens (including phenoxy) is 1. The minimum absolute atomic E-state index is 0.0131. The molecule has 2 rings (SSSR count). The summed E-state index contributed by atoms with van der Waals surface area (Å²) >= 11 is 1.41. The van der Waals surface area contributed by atoms with Crippen LogP contribution in [0.1, 0.15) is 22.5 Å². The lowest BCUT2D eigenvalue weighted by Gasteiger charge is -2.26. The first-order valence-corrected chi connectivity index (χ1v) is 6.65. The van der Waals surface area contributed by atoms with E-state index >= 15 is 0 Å². The highest BCUT2D eigenvalue weighted by Gasteiger charge is 2.35. The van der Waals surface area contributed by atoms with E-state index in [4.69, 9.17) is 10.5 Å². The molecular weight excluding hydrogens is 236 g/mol. The second-order valence-corrected chi connectivity index (χ2v) is 5.29. The highest BCUT2D eigenvalue weighted by Crippen LogP contribution is 2.36. The van der Waals surface area contributed by atoms with E-state index in [0.29, 0.717) is 23.1 Å². The van der Waals surface area contributed by atoms with Crippen LogP contribution < -0.4 is 10.5 Å². The Bertz CT molecular complexity index is 401. The summed E-state index contributed by atoms with van der Waals surface area (Å²) in [6.45, 7) is 0.528. The first-order valence-electron chi connectivity index (χ1n) is 5.77. The van der Waals surface area contributed by atoms with Crippen molar-refractivity contribution in [2.24, 2.45) is 11.7 Å². The second kappa shape index (κ2) is 5.06. The Morgan fingerprint density at radius 3 is 2.94 bits per heavy atom. The van der Waals surface area contributed by atoms with Crippen molar-refractivity contribution in [1.82, 2.24) is 4.90 Å². The summed E-state index contributed by atoms with van der Waals surface area (Å²) in [6, 6.07) is 1.98. The molecule has 1 aliphatic rings. The molecule has 1 saturated carbocycles. The maximum Gasteiger partial charge on any atom is 0.267 e. The number of nitrogens with zero attached hydrogens (tertiary/aromatic N) is 1. The molecule has 1 aromatic heterocycles. The van der Waals surface area contributed by atoms with Gasteiger partial charge in [-0.1, -0.05) is 0 Å². The first kappa shape index (κ1) is 12.4. The van der Waals surface area contributed by atoms with Crippen molar-refractivity contribution in [1.29, 1.82) is 0 Å². The van der Waals surface area contributed by atoms with Gasteiger partial charge in [0.05, 0.1) is 7.11 Å². The molecule has 1 unspecified atom stereocenters. The predicted molar refractivity (Wildman–Crippen MR) is 68.5 cm³/mol. The monoisotopic (exact) mass is 254 g/mol. The molecule has 0 saturated heterocycles. The standard InChI is InChI=1S/C12H18N2O2S/c1-14(9(7-13)8-3-4-8)12(15)11-10(16-2)5-6-17-11/h5-6,8-9H,3-4,7,13H2,1-2H3. The van der Waals surface area contributed by atoms with E-state index in [-0.39, 0.29) is 11.9 Å². The Labute approximate surface area is 105 Å². The zero-order valence-corrected chi connectivity index (χ0v) is 11.0. The Hall–Kier alpha value is -1.07. The lowest BCUT2D eigenvalue weighted by Crippen LogP contribution is -2.43. The van der Waals surface area contributed by atoms with E-state index in [1.165, 1.54) is 24.2 Å². The minimum Gasteiger partial charge on any atom is -0.495 e. The van der Waals surface area contributed by atoms with E-state index in [2.05, 4.69) is 0 Å². The molecule has 0 radical (unpaired) electrons. The van der Waals surface area contributed by atoms with Crippen LogP contribution in [-0.2, 0) is 0 Å². The summed E-state index contributed by atoms with van der Waals surface area (Å²) in [7, 11) is 3.41. The van der Waals surface area contributed by atoms with Crippen molar-refractivity contribution in [2.75, 3.05) is 20.7 Å². The molecule has 2 N–H and O–H groups in total. The second-order valence-electron chi connectivity index (χ2n) is 4.37. The van der Waals surface area contributed by atoms with Gasteiger partial charge in [-0.3, -0.25) is 4.79 Å². The fourth-order valence-corrected chi connectivity index (χ4v) is 2.91. The van der Waals surface area contributed by atoms with Gasteiger partial charge in [0.25, 0.3) is 5.91 Å². The number of carbonyl (C=O) groups excluding carboxylic acids is 1. The van der Waals surface area contributed by atoms with E-state index < -0.39 is 0 Å². The summed E-state index contributed by atoms with van der Waals surface area (Å²) in [4.78, 5) is 14.7. The molecule has 0 bridgehead atoms. The quantitative estimate of drug-likeness (QED) is 0.867. The van der Waals surface area contributed by atoms with Gasteiger partial charge in [-0.05, 0) is 30.2 Å². The first-order chi connectivity index (χ1) is 8.19. The van der Waals surface area contributed by atoms with Crippen LogP contribution in [0.25, 0.3) is 0 Å². The highest BCUT2D eigenvalue weighted by molar-refractivity contribution is 7.12. The van der Waals surface area contributed by atoms with Gasteiger partial charge in [0, 0.05) is 19.6 Å². The van der Waals surface area contributed by atoms with E-state index in [0.717, 1.165) is 0 Å². The number of hydrogen-bond acceptors (Lipinski definition) is 4. The van der Waals surface area contributed by atoms with Crippen LogP contribution in [0.3, 0.4) is 0 Å². The molecule has 5 heteroatoms. The van der Waals surface area contributed by atoms with Gasteiger partial charge < -0.3 is 15.4 Å². The summed E-state index contributed by atoms with van der Waals surface area (Å²) < 4.78 is 5.18. The molecule has 1 heterocycles. The SMILES string of the molecule is COc1ccsc1C(=O)N(C)C(CN)C1CC1. The van der Waals surface area contributed by atoms with Gasteiger partial charge in [0.2, 0.25) is 0 Å². The smallest absolute Gasteiger partial charge is 0.267 e. The van der Waals surface area contributed by atoms with Crippen molar-refractivity contribution < 1.29 is 9.53 Å². The summed E-state index contributed by atoms with van der Waals surface area (Å²) in [5.41, 5.74) is 5.75. The van der Waals surface area contributed by atoms with Crippen molar-refractivity contribution >= 4 is 17.2 Å². The van der Waals surface area contributed by atoms with Gasteiger partial charge in [-0.25, -0.2) is 0 Å². The van der Waals surface area contributed by atoms with Crippen molar-refractivity contribution in [3.8, 4) is 5.75 Å². The molecule has 0 aliphatic heterocycles. The van der Waals surface area contributed by atoms with Gasteiger partial charge in [0.15, 0.2) is 0 Å². The lowest BCUT2D eigenvalue weighted by atomic mass is 10.1. The van der Waals surface area contributed by atoms with Crippen LogP contribution >= 0.6 is 11.3 Å². The van der Waals surface area contributed by atoms with E-state index in [1.807, 2.05) is 18.5 Å². The molecule has 1 atom stereocenters. The normalized spacial score (nSPS) is 16.6. The van der Waals surface area contributed by atoms with Crippen molar-refractivity contribution in [2.45, 2.75) is 18.9 Å². The molecular formula is C12H18N2O2S. The number of hydrogen-bond donors (Lipinski definition) is 1.